The lowest BCUT2D eigenvalue weighted by Gasteiger charge is -2.38. The molecule has 0 bridgehead atoms. The molecular formula is C14H25F3N2. The smallest absolute Gasteiger partial charge is 0.315 e. The van der Waals surface area contributed by atoms with Crippen molar-refractivity contribution in [2.45, 2.75) is 45.2 Å². The van der Waals surface area contributed by atoms with Crippen molar-refractivity contribution in [3.05, 3.63) is 0 Å². The van der Waals surface area contributed by atoms with Crippen molar-refractivity contribution in [3.8, 4) is 0 Å². The van der Waals surface area contributed by atoms with Gasteiger partial charge in [-0.15, -0.1) is 0 Å². The summed E-state index contributed by atoms with van der Waals surface area (Å²) in [6.45, 7) is 4.70. The highest BCUT2D eigenvalue weighted by Gasteiger charge is 2.42. The van der Waals surface area contributed by atoms with Crippen LogP contribution in [0.3, 0.4) is 0 Å². The number of halogens is 3. The lowest BCUT2D eigenvalue weighted by molar-refractivity contribution is -0.176. The molecule has 0 aromatic heterocycles. The normalized spacial score (nSPS) is 30.0. The second-order valence-corrected chi connectivity index (χ2v) is 6.55. The largest absolute Gasteiger partial charge is 0.394 e. The standard InChI is InChI=1S/C14H25F3N2/c1-13(5-3-2-4-6-13)11-19-8-7-18-9-12(10-19)14(15,16)17/h12,18H,2-11H2,1H3. The van der Waals surface area contributed by atoms with E-state index in [1.807, 2.05) is 4.90 Å². The minimum atomic E-state index is -4.08. The molecule has 2 aliphatic rings. The zero-order valence-electron chi connectivity index (χ0n) is 11.7. The molecule has 0 aromatic rings. The summed E-state index contributed by atoms with van der Waals surface area (Å²) < 4.78 is 38.7. The van der Waals surface area contributed by atoms with Gasteiger partial charge >= 0.3 is 6.18 Å². The van der Waals surface area contributed by atoms with E-state index in [1.54, 1.807) is 0 Å². The van der Waals surface area contributed by atoms with Crippen LogP contribution in [0, 0.1) is 11.3 Å². The maximum atomic E-state index is 12.9. The molecule has 112 valence electrons. The lowest BCUT2D eigenvalue weighted by atomic mass is 9.75. The molecule has 1 atom stereocenters. The van der Waals surface area contributed by atoms with E-state index in [-0.39, 0.29) is 18.5 Å². The summed E-state index contributed by atoms with van der Waals surface area (Å²) in [6, 6.07) is 0. The molecule has 5 heteroatoms. The van der Waals surface area contributed by atoms with Crippen LogP contribution in [0.15, 0.2) is 0 Å². The predicted molar refractivity (Wildman–Crippen MR) is 70.0 cm³/mol. The van der Waals surface area contributed by atoms with Gasteiger partial charge in [-0.25, -0.2) is 0 Å². The van der Waals surface area contributed by atoms with Crippen LogP contribution in [0.1, 0.15) is 39.0 Å². The molecule has 1 saturated heterocycles. The first-order chi connectivity index (χ1) is 8.89. The van der Waals surface area contributed by atoms with Crippen LogP contribution in [-0.4, -0.2) is 43.8 Å². The van der Waals surface area contributed by atoms with Crippen molar-refractivity contribution >= 4 is 0 Å². The second kappa shape index (κ2) is 6.00. The number of alkyl halides is 3. The molecule has 0 aromatic carbocycles. The van der Waals surface area contributed by atoms with Crippen molar-refractivity contribution in [2.75, 3.05) is 32.7 Å². The van der Waals surface area contributed by atoms with E-state index in [0.717, 1.165) is 25.9 Å². The molecular weight excluding hydrogens is 253 g/mol. The average Bonchev–Trinajstić information content (AvgIpc) is 2.54. The van der Waals surface area contributed by atoms with Gasteiger partial charge in [0.05, 0.1) is 5.92 Å². The van der Waals surface area contributed by atoms with E-state index in [4.69, 9.17) is 0 Å². The molecule has 1 heterocycles. The second-order valence-electron chi connectivity index (χ2n) is 6.55. The molecule has 1 aliphatic heterocycles. The van der Waals surface area contributed by atoms with Crippen LogP contribution in [0.25, 0.3) is 0 Å². The van der Waals surface area contributed by atoms with Gasteiger partial charge < -0.3 is 10.2 Å². The Labute approximate surface area is 113 Å². The van der Waals surface area contributed by atoms with E-state index in [2.05, 4.69) is 12.2 Å². The fourth-order valence-electron chi connectivity index (χ4n) is 3.45. The van der Waals surface area contributed by atoms with Crippen LogP contribution < -0.4 is 5.32 Å². The van der Waals surface area contributed by atoms with Gasteiger partial charge in [0, 0.05) is 32.7 Å². The summed E-state index contributed by atoms with van der Waals surface area (Å²) in [5, 5.41) is 2.92. The Hall–Kier alpha value is -0.290. The zero-order chi connectivity index (χ0) is 13.9. The fourth-order valence-corrected chi connectivity index (χ4v) is 3.45. The van der Waals surface area contributed by atoms with Crippen LogP contribution in [0.5, 0.6) is 0 Å². The molecule has 1 N–H and O–H groups in total. The quantitative estimate of drug-likeness (QED) is 0.835. The highest BCUT2D eigenvalue weighted by Crippen LogP contribution is 2.37. The molecule has 2 nitrogen and oxygen atoms in total. The third-order valence-electron chi connectivity index (χ3n) is 4.60. The lowest BCUT2D eigenvalue weighted by Crippen LogP contribution is -2.43. The van der Waals surface area contributed by atoms with E-state index >= 15 is 0 Å². The number of hydrogen-bond acceptors (Lipinski definition) is 2. The minimum absolute atomic E-state index is 0.0662. The van der Waals surface area contributed by atoms with E-state index < -0.39 is 12.1 Å². The van der Waals surface area contributed by atoms with Crippen molar-refractivity contribution < 1.29 is 13.2 Å². The maximum absolute atomic E-state index is 12.9. The maximum Gasteiger partial charge on any atom is 0.394 e. The summed E-state index contributed by atoms with van der Waals surface area (Å²) in [4.78, 5) is 2.03. The van der Waals surface area contributed by atoms with Crippen LogP contribution in [0.4, 0.5) is 13.2 Å². The SMILES string of the molecule is CC1(CN2CCNCC(C(F)(F)F)C2)CCCCC1. The summed E-state index contributed by atoms with van der Waals surface area (Å²) in [7, 11) is 0. The van der Waals surface area contributed by atoms with Gasteiger partial charge in [-0.1, -0.05) is 26.2 Å². The summed E-state index contributed by atoms with van der Waals surface area (Å²) >= 11 is 0. The first-order valence-corrected chi connectivity index (χ1v) is 7.39. The van der Waals surface area contributed by atoms with E-state index in [1.165, 1.54) is 19.3 Å². The Morgan fingerprint density at radius 3 is 2.53 bits per heavy atom. The van der Waals surface area contributed by atoms with E-state index in [0.29, 0.717) is 6.54 Å². The van der Waals surface area contributed by atoms with Crippen molar-refractivity contribution in [3.63, 3.8) is 0 Å². The molecule has 1 aliphatic carbocycles. The van der Waals surface area contributed by atoms with Gasteiger partial charge in [0.2, 0.25) is 0 Å². The fraction of sp³-hybridized carbons (Fsp3) is 1.00. The number of hydrogen-bond donors (Lipinski definition) is 1. The third kappa shape index (κ3) is 4.35. The summed E-state index contributed by atoms with van der Waals surface area (Å²) in [5.41, 5.74) is 0.221. The average molecular weight is 278 g/mol. The van der Waals surface area contributed by atoms with Gasteiger partial charge in [0.1, 0.15) is 0 Å². The van der Waals surface area contributed by atoms with Crippen molar-refractivity contribution in [2.24, 2.45) is 11.3 Å². The molecule has 1 saturated carbocycles. The van der Waals surface area contributed by atoms with Crippen LogP contribution in [-0.2, 0) is 0 Å². The Morgan fingerprint density at radius 2 is 1.89 bits per heavy atom. The van der Waals surface area contributed by atoms with Gasteiger partial charge in [-0.2, -0.15) is 13.2 Å². The first kappa shape index (κ1) is 15.1. The topological polar surface area (TPSA) is 15.3 Å². The predicted octanol–water partition coefficient (Wildman–Crippen LogP) is 3.04. The van der Waals surface area contributed by atoms with Gasteiger partial charge in [0.15, 0.2) is 0 Å². The first-order valence-electron chi connectivity index (χ1n) is 7.39. The molecule has 19 heavy (non-hydrogen) atoms. The summed E-state index contributed by atoms with van der Waals surface area (Å²) in [5.74, 6) is -1.22. The minimum Gasteiger partial charge on any atom is -0.315 e. The Morgan fingerprint density at radius 1 is 1.21 bits per heavy atom. The van der Waals surface area contributed by atoms with Crippen LogP contribution >= 0.6 is 0 Å². The third-order valence-corrected chi connectivity index (χ3v) is 4.60. The molecule has 2 fully saturated rings. The highest BCUT2D eigenvalue weighted by molar-refractivity contribution is 4.85. The number of rotatable bonds is 2. The molecule has 0 radical (unpaired) electrons. The Kier molecular flexibility index (Phi) is 4.77. The Bertz CT molecular complexity index is 285. The van der Waals surface area contributed by atoms with Crippen molar-refractivity contribution in [1.82, 2.24) is 10.2 Å². The molecule has 2 rings (SSSR count). The van der Waals surface area contributed by atoms with E-state index in [9.17, 15) is 13.2 Å². The van der Waals surface area contributed by atoms with Crippen LogP contribution in [0.2, 0.25) is 0 Å². The van der Waals surface area contributed by atoms with Gasteiger partial charge in [-0.05, 0) is 18.3 Å². The number of nitrogens with zero attached hydrogens (tertiary/aromatic N) is 1. The summed E-state index contributed by atoms with van der Waals surface area (Å²) in [6.07, 6.45) is 1.98. The number of nitrogens with one attached hydrogen (secondary N) is 1. The van der Waals surface area contributed by atoms with Gasteiger partial charge in [-0.3, -0.25) is 0 Å². The highest BCUT2D eigenvalue weighted by atomic mass is 19.4. The molecule has 0 amide bonds. The zero-order valence-corrected chi connectivity index (χ0v) is 11.7. The monoisotopic (exact) mass is 278 g/mol. The van der Waals surface area contributed by atoms with Crippen molar-refractivity contribution in [1.29, 1.82) is 0 Å². The Balaban J connectivity index is 1.94. The molecule has 1 unspecified atom stereocenters. The van der Waals surface area contributed by atoms with Gasteiger partial charge in [0.25, 0.3) is 0 Å². The molecule has 0 spiro atoms.